The van der Waals surface area contributed by atoms with E-state index in [0.29, 0.717) is 10.8 Å². The molecule has 3 heteroatoms. The third-order valence-corrected chi connectivity index (χ3v) is 8.89. The van der Waals surface area contributed by atoms with Crippen LogP contribution in [-0.2, 0) is 0 Å². The van der Waals surface area contributed by atoms with E-state index in [-0.39, 0.29) is 0 Å². The first-order chi connectivity index (χ1) is 13.4. The normalized spacial score (nSPS) is 29.8. The third-order valence-electron chi connectivity index (χ3n) is 8.89. The number of hydrogen-bond acceptors (Lipinski definition) is 3. The highest BCUT2D eigenvalue weighted by Gasteiger charge is 2.45. The molecule has 2 saturated carbocycles. The van der Waals surface area contributed by atoms with Crippen molar-refractivity contribution >= 4 is 0 Å². The molecule has 0 aromatic rings. The van der Waals surface area contributed by atoms with Gasteiger partial charge in [-0.3, -0.25) is 4.90 Å². The van der Waals surface area contributed by atoms with Gasteiger partial charge in [-0.2, -0.15) is 0 Å². The van der Waals surface area contributed by atoms with E-state index >= 15 is 0 Å². The predicted octanol–water partition coefficient (Wildman–Crippen LogP) is 4.86. The highest BCUT2D eigenvalue weighted by atomic mass is 15.3. The minimum Gasteiger partial charge on any atom is -0.301 e. The van der Waals surface area contributed by atoms with Crippen LogP contribution in [-0.4, -0.2) is 72.6 Å². The maximum Gasteiger partial charge on any atom is 0.0113 e. The van der Waals surface area contributed by atoms with Crippen LogP contribution in [0.3, 0.4) is 0 Å². The molecule has 0 amide bonds. The average molecular weight is 390 g/mol. The van der Waals surface area contributed by atoms with Crippen LogP contribution in [0.25, 0.3) is 0 Å². The van der Waals surface area contributed by atoms with Crippen LogP contribution in [0, 0.1) is 16.7 Å². The van der Waals surface area contributed by atoms with Gasteiger partial charge in [-0.1, -0.05) is 13.8 Å². The molecule has 1 spiro atoms. The van der Waals surface area contributed by atoms with Gasteiger partial charge in [0.25, 0.3) is 0 Å². The highest BCUT2D eigenvalue weighted by Crippen LogP contribution is 2.51. The molecule has 2 aliphatic carbocycles. The molecule has 0 radical (unpaired) electrons. The van der Waals surface area contributed by atoms with Gasteiger partial charge in [0.05, 0.1) is 0 Å². The number of hydrogen-bond donors (Lipinski definition) is 0. The summed E-state index contributed by atoms with van der Waals surface area (Å²) in [5.74, 6) is 0.866. The molecule has 4 rings (SSSR count). The van der Waals surface area contributed by atoms with Crippen LogP contribution in [0.1, 0.15) is 85.5 Å². The van der Waals surface area contributed by atoms with Crippen LogP contribution in [0.15, 0.2) is 0 Å². The molecule has 2 aliphatic heterocycles. The molecule has 0 N–H and O–H groups in total. The third kappa shape index (κ3) is 4.95. The summed E-state index contributed by atoms with van der Waals surface area (Å²) >= 11 is 0. The van der Waals surface area contributed by atoms with Gasteiger partial charge in [0.15, 0.2) is 0 Å². The second kappa shape index (κ2) is 8.55. The molecule has 3 nitrogen and oxygen atoms in total. The Morgan fingerprint density at radius 3 is 1.86 bits per heavy atom. The summed E-state index contributed by atoms with van der Waals surface area (Å²) in [5, 5.41) is 0. The minimum atomic E-state index is 0.707. The Kier molecular flexibility index (Phi) is 6.45. The Hall–Kier alpha value is -0.120. The van der Waals surface area contributed by atoms with Crippen LogP contribution in [0.4, 0.5) is 0 Å². The average Bonchev–Trinajstić information content (AvgIpc) is 3.41. The molecular formula is C25H47N3. The molecule has 162 valence electrons. The maximum atomic E-state index is 2.87. The molecule has 0 bridgehead atoms. The number of nitrogens with zero attached hydrogens (tertiary/aromatic N) is 3. The Morgan fingerprint density at radius 1 is 0.750 bits per heavy atom. The van der Waals surface area contributed by atoms with Crippen molar-refractivity contribution < 1.29 is 0 Å². The van der Waals surface area contributed by atoms with Crippen molar-refractivity contribution in [3.05, 3.63) is 0 Å². The lowest BCUT2D eigenvalue weighted by molar-refractivity contribution is 0.00823. The van der Waals surface area contributed by atoms with E-state index in [9.17, 15) is 0 Å². The molecule has 0 atom stereocenters. The van der Waals surface area contributed by atoms with E-state index in [0.717, 1.165) is 18.0 Å². The van der Waals surface area contributed by atoms with Crippen molar-refractivity contribution in [3.8, 4) is 0 Å². The fourth-order valence-electron chi connectivity index (χ4n) is 6.83. The summed E-state index contributed by atoms with van der Waals surface area (Å²) in [7, 11) is 0. The molecule has 28 heavy (non-hydrogen) atoms. The van der Waals surface area contributed by atoms with Gasteiger partial charge in [0.1, 0.15) is 0 Å². The van der Waals surface area contributed by atoms with Crippen molar-refractivity contribution in [1.82, 2.24) is 14.7 Å². The van der Waals surface area contributed by atoms with Gasteiger partial charge in [-0.25, -0.2) is 0 Å². The molecule has 0 unspecified atom stereocenters. The summed E-state index contributed by atoms with van der Waals surface area (Å²) in [6.07, 6.45) is 13.3. The van der Waals surface area contributed by atoms with Gasteiger partial charge >= 0.3 is 0 Å². The van der Waals surface area contributed by atoms with E-state index in [4.69, 9.17) is 0 Å². The summed E-state index contributed by atoms with van der Waals surface area (Å²) in [6.45, 7) is 18.9. The van der Waals surface area contributed by atoms with Crippen molar-refractivity contribution in [3.63, 3.8) is 0 Å². The first-order valence-corrected chi connectivity index (χ1v) is 12.6. The highest BCUT2D eigenvalue weighted by molar-refractivity contribution is 4.98. The molecule has 2 saturated heterocycles. The Morgan fingerprint density at radius 2 is 1.36 bits per heavy atom. The fourth-order valence-corrected chi connectivity index (χ4v) is 6.83. The lowest BCUT2D eigenvalue weighted by atomic mass is 9.66. The van der Waals surface area contributed by atoms with Crippen LogP contribution in [0.2, 0.25) is 0 Å². The first kappa shape index (κ1) is 21.1. The van der Waals surface area contributed by atoms with E-state index in [1.807, 2.05) is 0 Å². The van der Waals surface area contributed by atoms with Crippen LogP contribution in [0.5, 0.6) is 0 Å². The zero-order valence-electron chi connectivity index (χ0n) is 19.4. The van der Waals surface area contributed by atoms with Gasteiger partial charge < -0.3 is 9.80 Å². The standard InChI is InChI=1S/C25H47N3/c1-21(2)19-25(9-10-25)20-26-15-17-28(18-16-26)23-5-7-24(8-6-23)11-13-27(14-12-24)22(3)4/h21-23H,5-20H2,1-4H3. The van der Waals surface area contributed by atoms with Gasteiger partial charge in [0.2, 0.25) is 0 Å². The van der Waals surface area contributed by atoms with E-state index in [1.54, 1.807) is 0 Å². The molecule has 2 heterocycles. The lowest BCUT2D eigenvalue weighted by Crippen LogP contribution is -2.53. The monoisotopic (exact) mass is 389 g/mol. The maximum absolute atomic E-state index is 2.87. The fraction of sp³-hybridized carbons (Fsp3) is 1.00. The summed E-state index contributed by atoms with van der Waals surface area (Å²) < 4.78 is 0. The molecule has 4 fully saturated rings. The quantitative estimate of drug-likeness (QED) is 0.642. The minimum absolute atomic E-state index is 0.707. The van der Waals surface area contributed by atoms with E-state index in [1.165, 1.54) is 104 Å². The predicted molar refractivity (Wildman–Crippen MR) is 120 cm³/mol. The summed E-state index contributed by atoms with van der Waals surface area (Å²) in [5.41, 5.74) is 1.41. The van der Waals surface area contributed by atoms with E-state index < -0.39 is 0 Å². The second-order valence-electron chi connectivity index (χ2n) is 11.8. The van der Waals surface area contributed by atoms with Crippen molar-refractivity contribution in [2.45, 2.75) is 97.6 Å². The smallest absolute Gasteiger partial charge is 0.0113 e. The summed E-state index contributed by atoms with van der Waals surface area (Å²) in [4.78, 5) is 8.37. The zero-order valence-corrected chi connectivity index (χ0v) is 19.4. The summed E-state index contributed by atoms with van der Waals surface area (Å²) in [6, 6.07) is 1.63. The first-order valence-electron chi connectivity index (χ1n) is 12.6. The molecule has 4 aliphatic rings. The van der Waals surface area contributed by atoms with Gasteiger partial charge in [0, 0.05) is 44.8 Å². The largest absolute Gasteiger partial charge is 0.301 e. The molecular weight excluding hydrogens is 342 g/mol. The van der Waals surface area contributed by atoms with E-state index in [2.05, 4.69) is 42.4 Å². The topological polar surface area (TPSA) is 9.72 Å². The zero-order chi connectivity index (χ0) is 19.8. The van der Waals surface area contributed by atoms with Gasteiger partial charge in [-0.05, 0) is 101 Å². The second-order valence-corrected chi connectivity index (χ2v) is 11.8. The van der Waals surface area contributed by atoms with Crippen molar-refractivity contribution in [2.24, 2.45) is 16.7 Å². The number of piperazine rings is 1. The number of likely N-dealkylation sites (tertiary alicyclic amines) is 1. The Balaban J connectivity index is 1.19. The van der Waals surface area contributed by atoms with Crippen molar-refractivity contribution in [1.29, 1.82) is 0 Å². The number of rotatable bonds is 6. The SMILES string of the molecule is CC(C)CC1(CN2CCN(C3CCC4(CC3)CCN(C(C)C)CC4)CC2)CC1. The lowest BCUT2D eigenvalue weighted by Gasteiger charge is -2.49. The number of piperidine rings is 1. The van der Waals surface area contributed by atoms with Crippen LogP contribution < -0.4 is 0 Å². The Labute approximate surface area is 175 Å². The molecule has 0 aromatic carbocycles. The van der Waals surface area contributed by atoms with Crippen LogP contribution >= 0.6 is 0 Å². The molecule has 0 aromatic heterocycles. The van der Waals surface area contributed by atoms with Crippen molar-refractivity contribution in [2.75, 3.05) is 45.8 Å². The Bertz CT molecular complexity index is 484. The van der Waals surface area contributed by atoms with Gasteiger partial charge in [-0.15, -0.1) is 0 Å².